The number of rotatable bonds is 9. The zero-order valence-electron chi connectivity index (χ0n) is 12.5. The molecule has 0 heterocycles. The molecule has 0 unspecified atom stereocenters. The summed E-state index contributed by atoms with van der Waals surface area (Å²) in [6, 6.07) is -0.519. The molecule has 0 aliphatic heterocycles. The van der Waals surface area contributed by atoms with Gasteiger partial charge in [0.1, 0.15) is 0 Å². The number of amides is 1. The number of hydrogen-bond acceptors (Lipinski definition) is 3. The van der Waals surface area contributed by atoms with Crippen molar-refractivity contribution in [3.05, 3.63) is 0 Å². The van der Waals surface area contributed by atoms with Crippen LogP contribution in [0.15, 0.2) is 0 Å². The van der Waals surface area contributed by atoms with Crippen molar-refractivity contribution in [2.45, 2.75) is 53.0 Å². The van der Waals surface area contributed by atoms with Crippen molar-refractivity contribution in [1.29, 1.82) is 0 Å². The molecular formula is C14H28N2O3. The van der Waals surface area contributed by atoms with Crippen molar-refractivity contribution >= 4 is 11.9 Å². The first-order chi connectivity index (χ1) is 8.77. The van der Waals surface area contributed by atoms with Gasteiger partial charge in [-0.25, -0.2) is 0 Å². The molecule has 0 saturated carbocycles. The fraction of sp³-hybridized carbons (Fsp3) is 0.857. The molecule has 0 aromatic rings. The van der Waals surface area contributed by atoms with Crippen molar-refractivity contribution in [3.63, 3.8) is 0 Å². The average molecular weight is 272 g/mol. The maximum absolute atomic E-state index is 11.8. The smallest absolute Gasteiger partial charge is 0.303 e. The second-order valence-electron chi connectivity index (χ2n) is 5.75. The number of nitrogens with two attached hydrogens (primary N) is 1. The molecule has 5 heteroatoms. The van der Waals surface area contributed by atoms with E-state index in [1.807, 2.05) is 27.7 Å². The highest BCUT2D eigenvalue weighted by molar-refractivity contribution is 5.81. The highest BCUT2D eigenvalue weighted by Crippen LogP contribution is 2.15. The molecule has 0 fully saturated rings. The Kier molecular flexibility index (Phi) is 8.39. The van der Waals surface area contributed by atoms with Gasteiger partial charge in [-0.05, 0) is 24.2 Å². The van der Waals surface area contributed by atoms with Crippen LogP contribution in [0.25, 0.3) is 0 Å². The predicted octanol–water partition coefficient (Wildman–Crippen LogP) is 1.61. The Morgan fingerprint density at radius 1 is 1.26 bits per heavy atom. The quantitative estimate of drug-likeness (QED) is 0.594. The van der Waals surface area contributed by atoms with Crippen LogP contribution in [0.4, 0.5) is 0 Å². The molecule has 3 atom stereocenters. The zero-order valence-corrected chi connectivity index (χ0v) is 12.5. The number of nitrogens with one attached hydrogen (secondary N) is 1. The second kappa shape index (κ2) is 8.91. The normalized spacial score (nSPS) is 15.9. The molecule has 0 radical (unpaired) electrons. The molecular weight excluding hydrogens is 244 g/mol. The summed E-state index contributed by atoms with van der Waals surface area (Å²) < 4.78 is 0. The van der Waals surface area contributed by atoms with E-state index < -0.39 is 12.0 Å². The van der Waals surface area contributed by atoms with Gasteiger partial charge in [0.15, 0.2) is 0 Å². The fourth-order valence-electron chi connectivity index (χ4n) is 2.03. The highest BCUT2D eigenvalue weighted by atomic mass is 16.4. The largest absolute Gasteiger partial charge is 0.481 e. The van der Waals surface area contributed by atoms with Crippen LogP contribution in [0.2, 0.25) is 0 Å². The summed E-state index contributed by atoms with van der Waals surface area (Å²) in [7, 11) is 0. The number of carbonyl (C=O) groups is 2. The van der Waals surface area contributed by atoms with Crippen LogP contribution in [-0.2, 0) is 9.59 Å². The Balaban J connectivity index is 4.29. The number of aliphatic carboxylic acids is 1. The van der Waals surface area contributed by atoms with E-state index in [1.165, 1.54) is 0 Å². The molecule has 0 aromatic carbocycles. The molecule has 0 rings (SSSR count). The predicted molar refractivity (Wildman–Crippen MR) is 75.6 cm³/mol. The third kappa shape index (κ3) is 7.82. The van der Waals surface area contributed by atoms with Crippen LogP contribution in [0.5, 0.6) is 0 Å². The van der Waals surface area contributed by atoms with Gasteiger partial charge in [0, 0.05) is 13.0 Å². The Labute approximate surface area is 115 Å². The highest BCUT2D eigenvalue weighted by Gasteiger charge is 2.21. The van der Waals surface area contributed by atoms with Gasteiger partial charge in [-0.15, -0.1) is 0 Å². The minimum absolute atomic E-state index is 0.0365. The van der Waals surface area contributed by atoms with Crippen molar-refractivity contribution in [2.75, 3.05) is 6.54 Å². The number of carbonyl (C=O) groups excluding carboxylic acids is 1. The summed E-state index contributed by atoms with van der Waals surface area (Å²) in [5.74, 6) is -0.516. The Hall–Kier alpha value is -1.10. The molecule has 0 saturated heterocycles. The van der Waals surface area contributed by atoms with Crippen LogP contribution in [0.3, 0.4) is 0 Å². The molecule has 0 bridgehead atoms. The van der Waals surface area contributed by atoms with E-state index in [4.69, 9.17) is 10.8 Å². The fourth-order valence-corrected chi connectivity index (χ4v) is 2.03. The molecule has 0 aromatic heterocycles. The summed E-state index contributed by atoms with van der Waals surface area (Å²) in [5.41, 5.74) is 5.83. The minimum atomic E-state index is -0.828. The molecule has 0 aliphatic rings. The zero-order chi connectivity index (χ0) is 15.0. The number of carboxylic acids is 1. The van der Waals surface area contributed by atoms with Gasteiger partial charge < -0.3 is 16.2 Å². The number of hydrogen-bond donors (Lipinski definition) is 3. The summed E-state index contributed by atoms with van der Waals surface area (Å²) >= 11 is 0. The molecule has 112 valence electrons. The Bertz CT molecular complexity index is 292. The van der Waals surface area contributed by atoms with E-state index >= 15 is 0 Å². The third-order valence-corrected chi connectivity index (χ3v) is 3.39. The van der Waals surface area contributed by atoms with Gasteiger partial charge >= 0.3 is 5.97 Å². The van der Waals surface area contributed by atoms with Crippen molar-refractivity contribution in [1.82, 2.24) is 5.32 Å². The molecule has 1 amide bonds. The maximum Gasteiger partial charge on any atom is 0.303 e. The molecule has 0 aliphatic carbocycles. The molecule has 5 nitrogen and oxygen atoms in total. The molecule has 4 N–H and O–H groups in total. The summed E-state index contributed by atoms with van der Waals surface area (Å²) in [4.78, 5) is 22.6. The number of carboxylic acid groups (broad SMARTS) is 1. The molecule has 19 heavy (non-hydrogen) atoms. The minimum Gasteiger partial charge on any atom is -0.481 e. The Morgan fingerprint density at radius 3 is 2.26 bits per heavy atom. The topological polar surface area (TPSA) is 92.4 Å². The van der Waals surface area contributed by atoms with E-state index in [-0.39, 0.29) is 24.2 Å². The summed E-state index contributed by atoms with van der Waals surface area (Å²) in [5, 5.41) is 11.6. The maximum atomic E-state index is 11.8. The lowest BCUT2D eigenvalue weighted by atomic mass is 9.93. The summed E-state index contributed by atoms with van der Waals surface area (Å²) in [6.45, 7) is 8.40. The van der Waals surface area contributed by atoms with E-state index in [1.54, 1.807) is 0 Å². The lowest BCUT2D eigenvalue weighted by Gasteiger charge is -2.21. The second-order valence-corrected chi connectivity index (χ2v) is 5.75. The van der Waals surface area contributed by atoms with E-state index in [0.29, 0.717) is 12.5 Å². The van der Waals surface area contributed by atoms with Crippen LogP contribution in [0.1, 0.15) is 47.0 Å². The van der Waals surface area contributed by atoms with E-state index in [2.05, 4.69) is 5.32 Å². The van der Waals surface area contributed by atoms with E-state index in [0.717, 1.165) is 12.8 Å². The average Bonchev–Trinajstić information content (AvgIpc) is 2.32. The third-order valence-electron chi connectivity index (χ3n) is 3.39. The van der Waals surface area contributed by atoms with E-state index in [9.17, 15) is 9.59 Å². The lowest BCUT2D eigenvalue weighted by Crippen LogP contribution is -2.46. The Morgan fingerprint density at radius 2 is 1.84 bits per heavy atom. The van der Waals surface area contributed by atoms with Gasteiger partial charge in [-0.1, -0.05) is 34.1 Å². The molecule has 0 spiro atoms. The van der Waals surface area contributed by atoms with Crippen molar-refractivity contribution < 1.29 is 14.7 Å². The van der Waals surface area contributed by atoms with Crippen LogP contribution >= 0.6 is 0 Å². The van der Waals surface area contributed by atoms with Gasteiger partial charge in [-0.2, -0.15) is 0 Å². The lowest BCUT2D eigenvalue weighted by molar-refractivity contribution is -0.138. The summed E-state index contributed by atoms with van der Waals surface area (Å²) in [6.07, 6.45) is 1.71. The first kappa shape index (κ1) is 17.9. The van der Waals surface area contributed by atoms with Crippen LogP contribution < -0.4 is 11.1 Å². The van der Waals surface area contributed by atoms with Crippen molar-refractivity contribution in [2.24, 2.45) is 23.5 Å². The first-order valence-electron chi connectivity index (χ1n) is 7.02. The van der Waals surface area contributed by atoms with Gasteiger partial charge in [0.25, 0.3) is 0 Å². The van der Waals surface area contributed by atoms with Crippen LogP contribution in [-0.4, -0.2) is 29.6 Å². The monoisotopic (exact) mass is 272 g/mol. The van der Waals surface area contributed by atoms with Crippen LogP contribution in [0, 0.1) is 17.8 Å². The standard InChI is InChI=1S/C14H28N2O3/c1-5-10(4)13(15)14(19)16-8-11(6-9(2)3)7-12(17)18/h9-11,13H,5-8,15H2,1-4H3,(H,16,19)(H,17,18)/t10-,11+,13-/m0/s1. The van der Waals surface area contributed by atoms with Gasteiger partial charge in [0.05, 0.1) is 6.04 Å². The first-order valence-corrected chi connectivity index (χ1v) is 7.02. The van der Waals surface area contributed by atoms with Crippen molar-refractivity contribution in [3.8, 4) is 0 Å². The van der Waals surface area contributed by atoms with Gasteiger partial charge in [0.2, 0.25) is 5.91 Å². The van der Waals surface area contributed by atoms with Gasteiger partial charge in [-0.3, -0.25) is 9.59 Å². The SMILES string of the molecule is CC[C@H](C)[C@H](N)C(=O)NC[C@@H](CC(=O)O)CC(C)C.